The maximum absolute atomic E-state index is 13.9. The molecule has 6 rings (SSSR count). The van der Waals surface area contributed by atoms with E-state index >= 15 is 0 Å². The first-order valence-electron chi connectivity index (χ1n) is 14.5. The summed E-state index contributed by atoms with van der Waals surface area (Å²) in [6.45, 7) is 6.97. The van der Waals surface area contributed by atoms with Gasteiger partial charge < -0.3 is 8.61 Å². The Morgan fingerprint density at radius 1 is 0.818 bits per heavy atom. The Labute approximate surface area is 257 Å². The molecular formula is C34H34F3NO4SSi. The predicted molar refractivity (Wildman–Crippen MR) is 169 cm³/mol. The van der Waals surface area contributed by atoms with Crippen LogP contribution in [0, 0.1) is 0 Å². The van der Waals surface area contributed by atoms with Crippen LogP contribution in [0.5, 0.6) is 11.5 Å². The number of likely N-dealkylation sites (N-methyl/N-ethyl adjacent to an activating group) is 1. The third kappa shape index (κ3) is 4.93. The Morgan fingerprint density at radius 3 is 2.00 bits per heavy atom. The zero-order chi connectivity index (χ0) is 31.5. The van der Waals surface area contributed by atoms with Crippen LogP contribution in [0.3, 0.4) is 0 Å². The smallest absolute Gasteiger partial charge is 0.531 e. The molecule has 0 bridgehead atoms. The molecule has 5 nitrogen and oxygen atoms in total. The summed E-state index contributed by atoms with van der Waals surface area (Å²) in [6, 6.07) is 28.4. The van der Waals surface area contributed by atoms with Gasteiger partial charge >= 0.3 is 23.9 Å². The van der Waals surface area contributed by atoms with E-state index in [1.165, 1.54) is 0 Å². The van der Waals surface area contributed by atoms with E-state index in [4.69, 9.17) is 8.61 Å². The summed E-state index contributed by atoms with van der Waals surface area (Å²) in [6.07, 6.45) is 1.28. The number of halogens is 3. The van der Waals surface area contributed by atoms with Crippen LogP contribution >= 0.6 is 0 Å². The monoisotopic (exact) mass is 637 g/mol. The molecule has 1 atom stereocenters. The number of hydrogen-bond donors (Lipinski definition) is 0. The quantitative estimate of drug-likeness (QED) is 0.135. The molecule has 2 aliphatic rings. The Balaban J connectivity index is 1.65. The highest BCUT2D eigenvalue weighted by Crippen LogP contribution is 2.53. The lowest BCUT2D eigenvalue weighted by Gasteiger charge is -2.44. The van der Waals surface area contributed by atoms with Gasteiger partial charge in [-0.25, -0.2) is 0 Å². The topological polar surface area (TPSA) is 55.8 Å². The third-order valence-corrected chi connectivity index (χ3v) is 14.7. The summed E-state index contributed by atoms with van der Waals surface area (Å²) in [5, 5.41) is 1.24. The van der Waals surface area contributed by atoms with Gasteiger partial charge in [0.05, 0.1) is 0 Å². The molecule has 1 aliphatic heterocycles. The van der Waals surface area contributed by atoms with E-state index in [9.17, 15) is 21.6 Å². The Bertz CT molecular complexity index is 1770. The first-order chi connectivity index (χ1) is 20.7. The zero-order valence-electron chi connectivity index (χ0n) is 25.0. The SMILES string of the molecule is CN1CCc2cccc3c2[C@H]1Cc1ccc(O[Si](c2ccccc2)(c2ccccc2)C(C)(C)C)c(OS(=O)(=O)C(F)(F)F)c1-3. The van der Waals surface area contributed by atoms with Crippen molar-refractivity contribution >= 4 is 28.8 Å². The molecular weight excluding hydrogens is 604 g/mol. The number of fused-ring (bicyclic) bond motifs is 2. The number of rotatable bonds is 6. The van der Waals surface area contributed by atoms with Gasteiger partial charge in [0.15, 0.2) is 5.75 Å². The van der Waals surface area contributed by atoms with Gasteiger partial charge in [0.1, 0.15) is 5.75 Å². The molecule has 44 heavy (non-hydrogen) atoms. The fraction of sp³-hybridized carbons (Fsp3) is 0.294. The van der Waals surface area contributed by atoms with Gasteiger partial charge in [0.2, 0.25) is 0 Å². The summed E-state index contributed by atoms with van der Waals surface area (Å²) < 4.78 is 79.5. The van der Waals surface area contributed by atoms with Crippen LogP contribution in [-0.2, 0) is 23.0 Å². The predicted octanol–water partition coefficient (Wildman–Crippen LogP) is 6.61. The molecule has 0 aromatic heterocycles. The normalized spacial score (nSPS) is 17.0. The fourth-order valence-corrected chi connectivity index (χ4v) is 11.7. The molecule has 0 radical (unpaired) electrons. The largest absolute Gasteiger partial charge is 0.534 e. The number of alkyl halides is 3. The summed E-state index contributed by atoms with van der Waals surface area (Å²) in [5.41, 5.74) is -1.84. The van der Waals surface area contributed by atoms with Crippen molar-refractivity contribution in [3.63, 3.8) is 0 Å². The van der Waals surface area contributed by atoms with E-state index in [0.717, 1.165) is 34.5 Å². The van der Waals surface area contributed by atoms with Crippen LogP contribution in [0.1, 0.15) is 43.5 Å². The first-order valence-corrected chi connectivity index (χ1v) is 17.9. The Kier molecular flexibility index (Phi) is 7.46. The second-order valence-electron chi connectivity index (χ2n) is 12.5. The average Bonchev–Trinajstić information content (AvgIpc) is 2.98. The van der Waals surface area contributed by atoms with Gasteiger partial charge in [-0.1, -0.05) is 106 Å². The van der Waals surface area contributed by atoms with E-state index in [1.807, 2.05) is 113 Å². The minimum Gasteiger partial charge on any atom is -0.531 e. The van der Waals surface area contributed by atoms with Gasteiger partial charge in [-0.2, -0.15) is 21.6 Å². The molecule has 0 unspecified atom stereocenters. The average molecular weight is 638 g/mol. The zero-order valence-corrected chi connectivity index (χ0v) is 26.8. The van der Waals surface area contributed by atoms with Gasteiger partial charge in [-0.05, 0) is 63.6 Å². The highest BCUT2D eigenvalue weighted by Gasteiger charge is 2.54. The van der Waals surface area contributed by atoms with Crippen LogP contribution in [0.4, 0.5) is 13.2 Å². The summed E-state index contributed by atoms with van der Waals surface area (Å²) >= 11 is 0. The summed E-state index contributed by atoms with van der Waals surface area (Å²) in [7, 11) is -7.38. The van der Waals surface area contributed by atoms with Crippen molar-refractivity contribution in [3.8, 4) is 22.6 Å². The Morgan fingerprint density at radius 2 is 1.43 bits per heavy atom. The van der Waals surface area contributed by atoms with Gasteiger partial charge in [-0.15, -0.1) is 0 Å². The van der Waals surface area contributed by atoms with Crippen molar-refractivity contribution in [1.82, 2.24) is 4.90 Å². The van der Waals surface area contributed by atoms with Gasteiger partial charge in [-0.3, -0.25) is 4.90 Å². The van der Waals surface area contributed by atoms with Crippen molar-refractivity contribution in [1.29, 1.82) is 0 Å². The van der Waals surface area contributed by atoms with Crippen molar-refractivity contribution < 1.29 is 30.2 Å². The first kappa shape index (κ1) is 30.4. The van der Waals surface area contributed by atoms with Crippen molar-refractivity contribution in [2.24, 2.45) is 0 Å². The van der Waals surface area contributed by atoms with E-state index in [0.29, 0.717) is 23.1 Å². The van der Waals surface area contributed by atoms with E-state index in [1.54, 1.807) is 6.07 Å². The number of benzene rings is 4. The summed E-state index contributed by atoms with van der Waals surface area (Å²) in [5.74, 6) is -0.459. The second kappa shape index (κ2) is 10.8. The van der Waals surface area contributed by atoms with Crippen LogP contribution in [0.25, 0.3) is 11.1 Å². The highest BCUT2D eigenvalue weighted by molar-refractivity contribution is 7.88. The lowest BCUT2D eigenvalue weighted by Crippen LogP contribution is -2.68. The van der Waals surface area contributed by atoms with Crippen molar-refractivity contribution in [2.45, 2.75) is 50.2 Å². The van der Waals surface area contributed by atoms with Crippen LogP contribution in [-0.4, -0.2) is 40.7 Å². The molecule has 1 heterocycles. The van der Waals surface area contributed by atoms with E-state index in [-0.39, 0.29) is 11.8 Å². The minimum atomic E-state index is -6.03. The van der Waals surface area contributed by atoms with Gasteiger partial charge in [0, 0.05) is 18.2 Å². The molecule has 230 valence electrons. The highest BCUT2D eigenvalue weighted by atomic mass is 32.2. The summed E-state index contributed by atoms with van der Waals surface area (Å²) in [4.78, 5) is 2.23. The fourth-order valence-electron chi connectivity index (χ4n) is 6.79. The van der Waals surface area contributed by atoms with Crippen molar-refractivity contribution in [3.05, 3.63) is 108 Å². The lowest BCUT2D eigenvalue weighted by atomic mass is 9.77. The van der Waals surface area contributed by atoms with Crippen LogP contribution < -0.4 is 19.0 Å². The van der Waals surface area contributed by atoms with Crippen molar-refractivity contribution in [2.75, 3.05) is 13.6 Å². The molecule has 0 amide bonds. The minimum absolute atomic E-state index is 0.0120. The van der Waals surface area contributed by atoms with E-state index in [2.05, 4.69) is 4.90 Å². The standard InChI is InChI=1S/C34H34F3NO4SSi/c1-33(2,3)44(25-13-7-5-8-14-25,26-15-9-6-10-16-26)42-29-19-18-24-22-28-30-23(20-21-38(28)4)12-11-17-27(30)31(24)32(29)41-43(39,40)34(35,36)37/h5-19,28H,20-22H2,1-4H3/t28-/m1/s1. The molecule has 0 N–H and O–H groups in total. The third-order valence-electron chi connectivity index (χ3n) is 8.84. The number of nitrogens with zero attached hydrogens (tertiary/aromatic N) is 1. The van der Waals surface area contributed by atoms with Gasteiger partial charge in [0.25, 0.3) is 0 Å². The Hall–Kier alpha value is -3.60. The lowest BCUT2D eigenvalue weighted by molar-refractivity contribution is -0.0500. The van der Waals surface area contributed by atoms with E-state index < -0.39 is 34.7 Å². The maximum atomic E-state index is 13.9. The second-order valence-corrected chi connectivity index (χ2v) is 18.3. The molecule has 4 aromatic carbocycles. The van der Waals surface area contributed by atoms with Crippen LogP contribution in [0.2, 0.25) is 5.04 Å². The maximum Gasteiger partial charge on any atom is 0.534 e. The molecule has 1 aliphatic carbocycles. The molecule has 0 spiro atoms. The number of hydrogen-bond acceptors (Lipinski definition) is 5. The molecule has 4 aromatic rings. The molecule has 0 saturated carbocycles. The molecule has 0 fully saturated rings. The molecule has 10 heteroatoms. The molecule has 0 saturated heterocycles. The van der Waals surface area contributed by atoms with Crippen LogP contribution in [0.15, 0.2) is 91.0 Å².